The van der Waals surface area contributed by atoms with Crippen LogP contribution in [0.15, 0.2) is 30.3 Å². The first-order valence-corrected chi connectivity index (χ1v) is 9.41. The summed E-state index contributed by atoms with van der Waals surface area (Å²) in [5.74, 6) is 0.451. The number of nitrogens with two attached hydrogens (primary N) is 1. The van der Waals surface area contributed by atoms with Gasteiger partial charge in [-0.15, -0.1) is 0 Å². The van der Waals surface area contributed by atoms with Crippen LogP contribution in [-0.2, 0) is 14.3 Å². The van der Waals surface area contributed by atoms with E-state index in [-0.39, 0.29) is 18.2 Å². The zero-order valence-corrected chi connectivity index (χ0v) is 15.4. The van der Waals surface area contributed by atoms with Crippen LogP contribution in [0.1, 0.15) is 52.4 Å². The van der Waals surface area contributed by atoms with Crippen LogP contribution in [0, 0.1) is 0 Å². The van der Waals surface area contributed by atoms with Gasteiger partial charge in [0.15, 0.2) is 0 Å². The molecule has 1 heterocycles. The van der Waals surface area contributed by atoms with Gasteiger partial charge in [0, 0.05) is 6.61 Å². The van der Waals surface area contributed by atoms with Crippen LogP contribution in [0.25, 0.3) is 0 Å². The van der Waals surface area contributed by atoms with Gasteiger partial charge in [-0.1, -0.05) is 38.0 Å². The quantitative estimate of drug-likeness (QED) is 0.603. The van der Waals surface area contributed by atoms with Crippen molar-refractivity contribution in [1.82, 2.24) is 0 Å². The topological polar surface area (TPSA) is 70.8 Å². The molecule has 25 heavy (non-hydrogen) atoms. The molecule has 1 aliphatic rings. The fourth-order valence-corrected chi connectivity index (χ4v) is 3.08. The minimum absolute atomic E-state index is 0.169. The number of carbonyl (C=O) groups is 1. The van der Waals surface area contributed by atoms with Crippen LogP contribution in [-0.4, -0.2) is 36.9 Å². The minimum atomic E-state index is -0.571. The summed E-state index contributed by atoms with van der Waals surface area (Å²) in [6.45, 7) is 4.66. The maximum Gasteiger partial charge on any atom is 0.323 e. The van der Waals surface area contributed by atoms with Crippen molar-refractivity contribution in [1.29, 1.82) is 0 Å². The van der Waals surface area contributed by atoms with E-state index in [4.69, 9.17) is 19.9 Å². The third kappa shape index (κ3) is 6.33. The standard InChI is InChI=1S/C20H31NO4/c1-3-4-8-14-23-19-15(2)24-20(22)17(21)12-9-13-18(19)25-16-10-6-5-7-11-16/h5-7,10-11,15,17-19H,3-4,8-9,12-14,21H2,1-2H3/t15-,17-,18-,19-/m0/s1. The van der Waals surface area contributed by atoms with E-state index in [1.54, 1.807) is 0 Å². The minimum Gasteiger partial charge on any atom is -0.488 e. The molecular weight excluding hydrogens is 318 g/mol. The van der Waals surface area contributed by atoms with Crippen LogP contribution in [0.4, 0.5) is 0 Å². The average molecular weight is 349 g/mol. The first-order chi connectivity index (χ1) is 12.1. The lowest BCUT2D eigenvalue weighted by Crippen LogP contribution is -2.44. The molecule has 0 unspecified atom stereocenters. The summed E-state index contributed by atoms with van der Waals surface area (Å²) in [7, 11) is 0. The van der Waals surface area contributed by atoms with E-state index < -0.39 is 12.1 Å². The number of unbranched alkanes of at least 4 members (excludes halogenated alkanes) is 2. The summed E-state index contributed by atoms with van der Waals surface area (Å²) in [6, 6.07) is 9.14. The Morgan fingerprint density at radius 2 is 1.96 bits per heavy atom. The van der Waals surface area contributed by atoms with Gasteiger partial charge in [-0.2, -0.15) is 0 Å². The van der Waals surface area contributed by atoms with Gasteiger partial charge in [-0.25, -0.2) is 0 Å². The fourth-order valence-electron chi connectivity index (χ4n) is 3.08. The predicted molar refractivity (Wildman–Crippen MR) is 97.5 cm³/mol. The largest absolute Gasteiger partial charge is 0.488 e. The highest BCUT2D eigenvalue weighted by molar-refractivity contribution is 5.75. The molecule has 0 aliphatic carbocycles. The van der Waals surface area contributed by atoms with Gasteiger partial charge in [0.25, 0.3) is 0 Å². The lowest BCUT2D eigenvalue weighted by atomic mass is 10.0. The summed E-state index contributed by atoms with van der Waals surface area (Å²) in [6.07, 6.45) is 4.56. The second-order valence-electron chi connectivity index (χ2n) is 6.69. The number of hydrogen-bond acceptors (Lipinski definition) is 5. The molecule has 5 heteroatoms. The first kappa shape index (κ1) is 19.7. The number of carbonyl (C=O) groups excluding carboxylic acids is 1. The Balaban J connectivity index is 2.11. The summed E-state index contributed by atoms with van der Waals surface area (Å²) in [5.41, 5.74) is 5.91. The molecular formula is C20H31NO4. The highest BCUT2D eigenvalue weighted by Crippen LogP contribution is 2.24. The number of para-hydroxylation sites is 1. The molecule has 0 spiro atoms. The average Bonchev–Trinajstić information content (AvgIpc) is 2.65. The second kappa shape index (κ2) is 10.4. The Bertz CT molecular complexity index is 508. The van der Waals surface area contributed by atoms with Gasteiger partial charge in [0.1, 0.15) is 30.1 Å². The number of rotatable bonds is 7. The van der Waals surface area contributed by atoms with E-state index in [9.17, 15) is 4.79 Å². The van der Waals surface area contributed by atoms with Crippen LogP contribution in [0.3, 0.4) is 0 Å². The third-order valence-corrected chi connectivity index (χ3v) is 4.53. The molecule has 1 aliphatic heterocycles. The van der Waals surface area contributed by atoms with Gasteiger partial charge in [-0.05, 0) is 44.7 Å². The summed E-state index contributed by atoms with van der Waals surface area (Å²) in [5, 5.41) is 0. The normalized spacial score (nSPS) is 27.7. The van der Waals surface area contributed by atoms with Crippen molar-refractivity contribution in [3.63, 3.8) is 0 Å². The Morgan fingerprint density at radius 3 is 2.68 bits per heavy atom. The highest BCUT2D eigenvalue weighted by atomic mass is 16.6. The van der Waals surface area contributed by atoms with Gasteiger partial charge in [0.05, 0.1) is 0 Å². The number of esters is 1. The van der Waals surface area contributed by atoms with Crippen molar-refractivity contribution in [2.75, 3.05) is 6.61 Å². The molecule has 1 aromatic carbocycles. The van der Waals surface area contributed by atoms with Gasteiger partial charge >= 0.3 is 5.97 Å². The number of ether oxygens (including phenoxy) is 3. The molecule has 2 rings (SSSR count). The lowest BCUT2D eigenvalue weighted by Gasteiger charge is -2.31. The maximum absolute atomic E-state index is 12.1. The van der Waals surface area contributed by atoms with Crippen molar-refractivity contribution in [2.45, 2.75) is 76.7 Å². The van der Waals surface area contributed by atoms with E-state index in [1.807, 2.05) is 37.3 Å². The fraction of sp³-hybridized carbons (Fsp3) is 0.650. The molecule has 5 nitrogen and oxygen atoms in total. The van der Waals surface area contributed by atoms with Crippen LogP contribution < -0.4 is 10.5 Å². The summed E-state index contributed by atoms with van der Waals surface area (Å²) in [4.78, 5) is 12.1. The molecule has 140 valence electrons. The molecule has 1 aromatic rings. The molecule has 4 atom stereocenters. The van der Waals surface area contributed by atoms with Crippen molar-refractivity contribution < 1.29 is 19.0 Å². The van der Waals surface area contributed by atoms with E-state index >= 15 is 0 Å². The molecule has 0 aromatic heterocycles. The molecule has 0 bridgehead atoms. The number of hydrogen-bond donors (Lipinski definition) is 1. The van der Waals surface area contributed by atoms with E-state index in [0.29, 0.717) is 13.0 Å². The second-order valence-corrected chi connectivity index (χ2v) is 6.69. The first-order valence-electron chi connectivity index (χ1n) is 9.41. The summed E-state index contributed by atoms with van der Waals surface area (Å²) < 4.78 is 17.9. The van der Waals surface area contributed by atoms with Crippen molar-refractivity contribution in [3.8, 4) is 5.75 Å². The smallest absolute Gasteiger partial charge is 0.323 e. The van der Waals surface area contributed by atoms with E-state index in [2.05, 4.69) is 6.92 Å². The van der Waals surface area contributed by atoms with Gasteiger partial charge < -0.3 is 19.9 Å². The lowest BCUT2D eigenvalue weighted by molar-refractivity contribution is -0.162. The van der Waals surface area contributed by atoms with Gasteiger partial charge in [-0.3, -0.25) is 4.79 Å². The number of cyclic esters (lactones) is 1. The van der Waals surface area contributed by atoms with Crippen molar-refractivity contribution >= 4 is 5.97 Å². The monoisotopic (exact) mass is 349 g/mol. The van der Waals surface area contributed by atoms with Crippen LogP contribution >= 0.6 is 0 Å². The van der Waals surface area contributed by atoms with E-state index in [0.717, 1.165) is 37.9 Å². The third-order valence-electron chi connectivity index (χ3n) is 4.53. The molecule has 0 saturated carbocycles. The Kier molecular flexibility index (Phi) is 8.22. The van der Waals surface area contributed by atoms with Gasteiger partial charge in [0.2, 0.25) is 0 Å². The SMILES string of the molecule is CCCCCO[C@H]1[C@H](C)OC(=O)[C@@H](N)CCC[C@@H]1Oc1ccccc1. The summed E-state index contributed by atoms with van der Waals surface area (Å²) >= 11 is 0. The van der Waals surface area contributed by atoms with E-state index in [1.165, 1.54) is 0 Å². The zero-order chi connectivity index (χ0) is 18.1. The number of benzene rings is 1. The Morgan fingerprint density at radius 1 is 1.20 bits per heavy atom. The maximum atomic E-state index is 12.1. The molecule has 2 N–H and O–H groups in total. The molecule has 1 fully saturated rings. The molecule has 0 amide bonds. The highest BCUT2D eigenvalue weighted by Gasteiger charge is 2.34. The molecule has 1 saturated heterocycles. The molecule has 0 radical (unpaired) electrons. The zero-order valence-electron chi connectivity index (χ0n) is 15.4. The predicted octanol–water partition coefficient (Wildman–Crippen LogP) is 3.45. The van der Waals surface area contributed by atoms with Crippen molar-refractivity contribution in [3.05, 3.63) is 30.3 Å². The van der Waals surface area contributed by atoms with Crippen LogP contribution in [0.5, 0.6) is 5.75 Å². The van der Waals surface area contributed by atoms with Crippen molar-refractivity contribution in [2.24, 2.45) is 5.73 Å². The van der Waals surface area contributed by atoms with Crippen LogP contribution in [0.2, 0.25) is 0 Å². The Hall–Kier alpha value is -1.59. The Labute approximate surface area is 150 Å².